The summed E-state index contributed by atoms with van der Waals surface area (Å²) in [6.07, 6.45) is -1.44. The van der Waals surface area contributed by atoms with E-state index in [1.54, 1.807) is 6.92 Å². The van der Waals surface area contributed by atoms with Crippen LogP contribution in [0, 0.1) is 0 Å². The van der Waals surface area contributed by atoms with Crippen LogP contribution in [-0.4, -0.2) is 74.4 Å². The summed E-state index contributed by atoms with van der Waals surface area (Å²) in [5.41, 5.74) is 2.68. The number of carbonyl (C=O) groups is 1. The maximum Gasteiger partial charge on any atom is 0.333 e. The second-order valence-electron chi connectivity index (χ2n) is 13.6. The predicted octanol–water partition coefficient (Wildman–Crippen LogP) is 6.46. The first-order chi connectivity index (χ1) is 20.7. The van der Waals surface area contributed by atoms with Crippen LogP contribution in [0.25, 0.3) is 0 Å². The van der Waals surface area contributed by atoms with Crippen molar-refractivity contribution in [1.82, 2.24) is 4.90 Å². The predicted molar refractivity (Wildman–Crippen MR) is 173 cm³/mol. The van der Waals surface area contributed by atoms with Gasteiger partial charge in [-0.25, -0.2) is 4.79 Å². The molecule has 9 heteroatoms. The van der Waals surface area contributed by atoms with Crippen LogP contribution in [0.4, 0.5) is 0 Å². The van der Waals surface area contributed by atoms with Crippen LogP contribution < -0.4 is 0 Å². The Morgan fingerprint density at radius 1 is 0.932 bits per heavy atom. The largest absolute Gasteiger partial charge is 0.463 e. The zero-order chi connectivity index (χ0) is 32.1. The summed E-state index contributed by atoms with van der Waals surface area (Å²) in [6.45, 7) is 22.0. The van der Waals surface area contributed by atoms with Crippen LogP contribution in [0.2, 0.25) is 19.6 Å². The van der Waals surface area contributed by atoms with E-state index in [9.17, 15) is 4.79 Å². The van der Waals surface area contributed by atoms with E-state index in [2.05, 4.69) is 79.7 Å². The third kappa shape index (κ3) is 9.56. The van der Waals surface area contributed by atoms with E-state index in [0.29, 0.717) is 25.3 Å². The summed E-state index contributed by atoms with van der Waals surface area (Å²) < 4.78 is 38.2. The second kappa shape index (κ2) is 14.4. The van der Waals surface area contributed by atoms with Crippen molar-refractivity contribution in [3.8, 4) is 0 Å². The molecule has 0 aliphatic carbocycles. The number of hydrogen-bond donors (Lipinski definition) is 0. The molecule has 2 aromatic rings. The SMILES string of the molecule is C=C(C[C@H](O[Si](C)(C)C)[C@H]([C@@H]1OC(C)(C)O[C@@H]1[C@H]1COC(C)(C)O1)N(Cc1ccccc1)Cc1ccccc1)C(=O)OCC. The minimum Gasteiger partial charge on any atom is -0.463 e. The molecule has 2 fully saturated rings. The van der Waals surface area contributed by atoms with Gasteiger partial charge in [-0.3, -0.25) is 4.90 Å². The van der Waals surface area contributed by atoms with E-state index in [0.717, 1.165) is 11.1 Å². The number of ether oxygens (including phenoxy) is 5. The van der Waals surface area contributed by atoms with Gasteiger partial charge in [0.15, 0.2) is 19.9 Å². The Morgan fingerprint density at radius 2 is 1.50 bits per heavy atom. The molecule has 2 aliphatic heterocycles. The van der Waals surface area contributed by atoms with Gasteiger partial charge in [-0.15, -0.1) is 0 Å². The molecule has 2 heterocycles. The van der Waals surface area contributed by atoms with Crippen LogP contribution in [0.3, 0.4) is 0 Å². The lowest BCUT2D eigenvalue weighted by Gasteiger charge is -2.44. The van der Waals surface area contributed by atoms with E-state index in [4.69, 9.17) is 28.1 Å². The van der Waals surface area contributed by atoms with Crippen molar-refractivity contribution in [2.24, 2.45) is 0 Å². The van der Waals surface area contributed by atoms with Gasteiger partial charge in [-0.1, -0.05) is 67.2 Å². The van der Waals surface area contributed by atoms with E-state index >= 15 is 0 Å². The highest BCUT2D eigenvalue weighted by atomic mass is 28.4. The summed E-state index contributed by atoms with van der Waals surface area (Å²) in [4.78, 5) is 15.3. The molecule has 0 spiro atoms. The molecule has 0 N–H and O–H groups in total. The van der Waals surface area contributed by atoms with Gasteiger partial charge in [0.2, 0.25) is 0 Å². The van der Waals surface area contributed by atoms with E-state index in [-0.39, 0.29) is 25.2 Å². The lowest BCUT2D eigenvalue weighted by molar-refractivity contribution is -0.175. The normalized spacial score (nSPS) is 24.2. The van der Waals surface area contributed by atoms with Crippen molar-refractivity contribution in [1.29, 1.82) is 0 Å². The lowest BCUT2D eigenvalue weighted by atomic mass is 9.91. The first kappa shape index (κ1) is 34.5. The fourth-order valence-corrected chi connectivity index (χ4v) is 7.18. The third-order valence-corrected chi connectivity index (χ3v) is 8.68. The fraction of sp³-hybridized carbons (Fsp3) is 0.571. The number of esters is 1. The second-order valence-corrected chi connectivity index (χ2v) is 18.1. The average Bonchev–Trinajstić information content (AvgIpc) is 3.46. The van der Waals surface area contributed by atoms with Crippen molar-refractivity contribution < 1.29 is 32.9 Å². The number of benzene rings is 2. The van der Waals surface area contributed by atoms with Crippen molar-refractivity contribution in [3.63, 3.8) is 0 Å². The van der Waals surface area contributed by atoms with E-state index in [1.807, 2.05) is 39.8 Å². The standard InChI is InChI=1S/C35H51NO7Si/c1-10-38-33(37)25(2)21-28(43-44(7,8)9)30(32-31(41-35(5,6)42-32)29-24-39-34(3,4)40-29)36(22-26-17-13-11-14-18-26)23-27-19-15-12-16-20-27/h11-20,28-32H,2,10,21-24H2,1,3-9H3/t28-,29+,30+,31+,32-/m0/s1. The number of nitrogens with zero attached hydrogens (tertiary/aromatic N) is 1. The maximum atomic E-state index is 12.9. The van der Waals surface area contributed by atoms with Crippen LogP contribution in [0.15, 0.2) is 72.8 Å². The highest BCUT2D eigenvalue weighted by Crippen LogP contribution is 2.40. The molecule has 44 heavy (non-hydrogen) atoms. The zero-order valence-corrected chi connectivity index (χ0v) is 28.7. The highest BCUT2D eigenvalue weighted by Gasteiger charge is 2.55. The van der Waals surface area contributed by atoms with E-state index < -0.39 is 44.2 Å². The molecule has 8 nitrogen and oxygen atoms in total. The Hall–Kier alpha value is -2.37. The molecule has 0 unspecified atom stereocenters. The molecule has 0 radical (unpaired) electrons. The molecule has 2 saturated heterocycles. The van der Waals surface area contributed by atoms with Crippen molar-refractivity contribution >= 4 is 14.3 Å². The molecular formula is C35H51NO7Si. The Morgan fingerprint density at radius 3 is 1.98 bits per heavy atom. The summed E-state index contributed by atoms with van der Waals surface area (Å²) in [5.74, 6) is -2.03. The minimum atomic E-state index is -2.17. The molecule has 2 aromatic carbocycles. The van der Waals surface area contributed by atoms with Gasteiger partial charge in [0.25, 0.3) is 0 Å². The molecule has 242 valence electrons. The van der Waals surface area contributed by atoms with Crippen molar-refractivity contribution in [2.75, 3.05) is 13.2 Å². The van der Waals surface area contributed by atoms with Crippen LogP contribution >= 0.6 is 0 Å². The van der Waals surface area contributed by atoms with Crippen LogP contribution in [0.5, 0.6) is 0 Å². The minimum absolute atomic E-state index is 0.277. The summed E-state index contributed by atoms with van der Waals surface area (Å²) in [5, 5.41) is 0. The summed E-state index contributed by atoms with van der Waals surface area (Å²) >= 11 is 0. The molecule has 2 aliphatic rings. The van der Waals surface area contributed by atoms with Gasteiger partial charge in [0, 0.05) is 25.1 Å². The Balaban J connectivity index is 1.84. The summed E-state index contributed by atoms with van der Waals surface area (Å²) in [7, 11) is -2.17. The lowest BCUT2D eigenvalue weighted by Crippen LogP contribution is -2.58. The Kier molecular flexibility index (Phi) is 11.3. The van der Waals surface area contributed by atoms with E-state index in [1.165, 1.54) is 0 Å². The molecule has 5 atom stereocenters. The van der Waals surface area contributed by atoms with Gasteiger partial charge in [0.05, 0.1) is 25.4 Å². The Bertz CT molecular complexity index is 1190. The van der Waals surface area contributed by atoms with Gasteiger partial charge in [-0.05, 0) is 65.4 Å². The average molecular weight is 626 g/mol. The van der Waals surface area contributed by atoms with Crippen LogP contribution in [0.1, 0.15) is 52.2 Å². The van der Waals surface area contributed by atoms with Gasteiger partial charge >= 0.3 is 5.97 Å². The first-order valence-electron chi connectivity index (χ1n) is 15.7. The molecule has 0 bridgehead atoms. The highest BCUT2D eigenvalue weighted by molar-refractivity contribution is 6.69. The van der Waals surface area contributed by atoms with Gasteiger partial charge in [-0.2, -0.15) is 0 Å². The smallest absolute Gasteiger partial charge is 0.333 e. The maximum absolute atomic E-state index is 12.9. The topological polar surface area (TPSA) is 75.7 Å². The van der Waals surface area contributed by atoms with Crippen LogP contribution in [-0.2, 0) is 46.0 Å². The number of hydrogen-bond acceptors (Lipinski definition) is 8. The van der Waals surface area contributed by atoms with Crippen molar-refractivity contribution in [2.45, 2.75) is 116 Å². The molecule has 0 saturated carbocycles. The Labute approximate surface area is 264 Å². The molecule has 0 aromatic heterocycles. The third-order valence-electron chi connectivity index (χ3n) is 7.67. The number of rotatable bonds is 14. The van der Waals surface area contributed by atoms with Crippen molar-refractivity contribution in [3.05, 3.63) is 83.9 Å². The summed E-state index contributed by atoms with van der Waals surface area (Å²) in [6, 6.07) is 20.4. The number of carbonyl (C=O) groups excluding carboxylic acids is 1. The monoisotopic (exact) mass is 625 g/mol. The molecule has 0 amide bonds. The fourth-order valence-electron chi connectivity index (χ4n) is 6.05. The van der Waals surface area contributed by atoms with Gasteiger partial charge in [0.1, 0.15) is 18.3 Å². The van der Waals surface area contributed by atoms with Gasteiger partial charge < -0.3 is 28.1 Å². The molecular weight excluding hydrogens is 574 g/mol. The zero-order valence-electron chi connectivity index (χ0n) is 27.7. The molecule has 4 rings (SSSR count). The first-order valence-corrected chi connectivity index (χ1v) is 19.1. The quantitative estimate of drug-likeness (QED) is 0.135.